The van der Waals surface area contributed by atoms with Crippen LogP contribution in [0.3, 0.4) is 0 Å². The minimum atomic E-state index is -0.843. The third-order valence-corrected chi connectivity index (χ3v) is 4.55. The number of imidazole rings is 1. The van der Waals surface area contributed by atoms with Crippen LogP contribution in [0.25, 0.3) is 16.7 Å². The number of benzene rings is 2. The van der Waals surface area contributed by atoms with Gasteiger partial charge >= 0.3 is 0 Å². The van der Waals surface area contributed by atoms with Crippen molar-refractivity contribution in [1.82, 2.24) is 15.0 Å². The van der Waals surface area contributed by atoms with Crippen LogP contribution in [0.2, 0.25) is 0 Å². The summed E-state index contributed by atoms with van der Waals surface area (Å²) in [6.07, 6.45) is 0.744. The summed E-state index contributed by atoms with van der Waals surface area (Å²) in [5.74, 6) is -0.229. The van der Waals surface area contributed by atoms with Gasteiger partial charge in [-0.05, 0) is 67.8 Å². The Bertz CT molecular complexity index is 950. The molecule has 136 valence electrons. The molecule has 1 heterocycles. The predicted octanol–water partition coefficient (Wildman–Crippen LogP) is 2.55. The lowest BCUT2D eigenvalue weighted by Gasteiger charge is -2.12. The minimum absolute atomic E-state index is 0.312. The smallest absolute Gasteiger partial charge is 0.260 e. The number of halogens is 1. The fraction of sp³-hybridized carbons (Fsp3) is 0.263. The van der Waals surface area contributed by atoms with Gasteiger partial charge in [0.15, 0.2) is 0 Å². The Kier molecular flexibility index (Phi) is 5.01. The van der Waals surface area contributed by atoms with E-state index in [9.17, 15) is 9.18 Å². The first-order chi connectivity index (χ1) is 12.4. The lowest BCUT2D eigenvalue weighted by Crippen LogP contribution is -2.39. The van der Waals surface area contributed by atoms with E-state index in [1.54, 1.807) is 17.6 Å². The highest BCUT2D eigenvalue weighted by Crippen LogP contribution is 2.25. The Hall–Kier alpha value is -2.77. The molecule has 1 aromatic heterocycles. The monoisotopic (exact) mass is 356 g/mol. The van der Waals surface area contributed by atoms with Crippen molar-refractivity contribution in [1.29, 1.82) is 0 Å². The second kappa shape index (κ2) is 7.23. The maximum atomic E-state index is 13.3. The molecule has 0 saturated heterocycles. The van der Waals surface area contributed by atoms with E-state index in [1.807, 2.05) is 30.5 Å². The molecule has 3 rings (SSSR count). The van der Waals surface area contributed by atoms with E-state index in [-0.39, 0.29) is 5.82 Å². The quantitative estimate of drug-likeness (QED) is 0.484. The van der Waals surface area contributed by atoms with Crippen LogP contribution in [0.4, 0.5) is 4.39 Å². The Morgan fingerprint density at radius 3 is 2.58 bits per heavy atom. The number of carbonyl (C=O) groups is 1. The summed E-state index contributed by atoms with van der Waals surface area (Å²) in [7, 11) is 0. The van der Waals surface area contributed by atoms with Gasteiger partial charge in [0, 0.05) is 12.1 Å². The van der Waals surface area contributed by atoms with Gasteiger partial charge < -0.3 is 5.73 Å². The maximum Gasteiger partial charge on any atom is 0.260 e. The highest BCUT2D eigenvalue weighted by molar-refractivity contribution is 5.81. The number of carbonyl (C=O) groups excluding carboxylic acids is 1. The van der Waals surface area contributed by atoms with E-state index in [4.69, 9.17) is 10.9 Å². The summed E-state index contributed by atoms with van der Waals surface area (Å²) >= 11 is 0. The molecule has 0 aliphatic carbocycles. The minimum Gasteiger partial charge on any atom is -0.320 e. The highest BCUT2D eigenvalue weighted by Gasteiger charge is 2.17. The van der Waals surface area contributed by atoms with Gasteiger partial charge in [0.1, 0.15) is 11.6 Å². The molecule has 4 N–H and O–H groups in total. The molecule has 6 nitrogen and oxygen atoms in total. The van der Waals surface area contributed by atoms with Crippen molar-refractivity contribution in [3.63, 3.8) is 0 Å². The van der Waals surface area contributed by atoms with Gasteiger partial charge in [0.25, 0.3) is 5.91 Å². The average Bonchev–Trinajstić information content (AvgIpc) is 2.97. The zero-order valence-corrected chi connectivity index (χ0v) is 14.7. The first-order valence-corrected chi connectivity index (χ1v) is 8.34. The molecule has 0 aliphatic heterocycles. The van der Waals surface area contributed by atoms with Crippen LogP contribution in [0.1, 0.15) is 23.4 Å². The zero-order valence-electron chi connectivity index (χ0n) is 14.7. The van der Waals surface area contributed by atoms with Crippen LogP contribution in [-0.2, 0) is 11.2 Å². The summed E-state index contributed by atoms with van der Waals surface area (Å²) in [6.45, 7) is 4.05. The first-order valence-electron chi connectivity index (χ1n) is 8.34. The molecule has 2 aromatic carbocycles. The summed E-state index contributed by atoms with van der Waals surface area (Å²) in [4.78, 5) is 16.1. The molecule has 0 saturated carbocycles. The third kappa shape index (κ3) is 3.44. The van der Waals surface area contributed by atoms with E-state index in [0.717, 1.165) is 33.7 Å². The van der Waals surface area contributed by atoms with Crippen molar-refractivity contribution < 1.29 is 14.4 Å². The van der Waals surface area contributed by atoms with E-state index in [1.165, 1.54) is 12.1 Å². The van der Waals surface area contributed by atoms with Crippen molar-refractivity contribution in [3.8, 4) is 5.69 Å². The van der Waals surface area contributed by atoms with Gasteiger partial charge in [0.2, 0.25) is 0 Å². The number of nitrogens with zero attached hydrogens (tertiary/aromatic N) is 2. The first kappa shape index (κ1) is 18.0. The normalized spacial score (nSPS) is 12.3. The molecule has 1 amide bonds. The topological polar surface area (TPSA) is 93.2 Å². The molecule has 0 aliphatic rings. The Morgan fingerprint density at radius 2 is 1.92 bits per heavy atom. The summed E-state index contributed by atoms with van der Waals surface area (Å²) in [5, 5.41) is 8.70. The molecule has 1 atom stereocenters. The largest absolute Gasteiger partial charge is 0.320 e. The fourth-order valence-corrected chi connectivity index (χ4v) is 2.93. The van der Waals surface area contributed by atoms with Gasteiger partial charge in [-0.1, -0.05) is 0 Å². The Labute approximate surface area is 150 Å². The van der Waals surface area contributed by atoms with Crippen LogP contribution < -0.4 is 11.2 Å². The van der Waals surface area contributed by atoms with Crippen molar-refractivity contribution in [2.45, 2.75) is 32.7 Å². The van der Waals surface area contributed by atoms with Gasteiger partial charge in [-0.2, -0.15) is 0 Å². The Balaban J connectivity index is 2.07. The van der Waals surface area contributed by atoms with E-state index in [2.05, 4.69) is 4.98 Å². The fourth-order valence-electron chi connectivity index (χ4n) is 2.93. The number of hydrogen-bond acceptors (Lipinski definition) is 4. The number of hydroxylamine groups is 1. The number of hydrogen-bond donors (Lipinski definition) is 3. The second-order valence-corrected chi connectivity index (χ2v) is 6.39. The van der Waals surface area contributed by atoms with Gasteiger partial charge in [0.05, 0.1) is 17.1 Å². The average molecular weight is 356 g/mol. The van der Waals surface area contributed by atoms with E-state index < -0.39 is 11.9 Å². The van der Waals surface area contributed by atoms with Gasteiger partial charge in [-0.25, -0.2) is 14.9 Å². The lowest BCUT2D eigenvalue weighted by molar-refractivity contribution is -0.130. The molecule has 0 radical (unpaired) electrons. The third-order valence-electron chi connectivity index (χ3n) is 4.55. The number of nitrogens with one attached hydrogen (secondary N) is 1. The van der Waals surface area contributed by atoms with Crippen LogP contribution in [0.5, 0.6) is 0 Å². The summed E-state index contributed by atoms with van der Waals surface area (Å²) in [6, 6.07) is 9.39. The van der Waals surface area contributed by atoms with Crippen LogP contribution in [-0.4, -0.2) is 26.7 Å². The highest BCUT2D eigenvalue weighted by atomic mass is 19.1. The number of nitrogens with two attached hydrogens (primary N) is 1. The molecule has 0 spiro atoms. The summed E-state index contributed by atoms with van der Waals surface area (Å²) < 4.78 is 15.3. The van der Waals surface area contributed by atoms with Gasteiger partial charge in [-0.3, -0.25) is 14.6 Å². The SMILES string of the molecule is Cc1cc2nc(CCC(N)C(=O)NO)n(-c3ccc(F)cc3)c2cc1C. The number of aryl methyl sites for hydroxylation is 3. The number of amides is 1. The standard InChI is InChI=1S/C19H21FN4O2/c1-11-9-16-17(10-12(11)2)24(14-5-3-13(20)4-6-14)18(22-16)8-7-15(21)19(25)23-26/h3-6,9-10,15,26H,7-8,21H2,1-2H3,(H,23,25). The maximum absolute atomic E-state index is 13.3. The lowest BCUT2D eigenvalue weighted by atomic mass is 10.1. The summed E-state index contributed by atoms with van der Waals surface area (Å²) in [5.41, 5.74) is 12.1. The molecule has 26 heavy (non-hydrogen) atoms. The van der Waals surface area contributed by atoms with Crippen molar-refractivity contribution in [3.05, 3.63) is 59.2 Å². The predicted molar refractivity (Wildman–Crippen MR) is 96.7 cm³/mol. The molecule has 1 unspecified atom stereocenters. The molecular formula is C19H21FN4O2. The number of aromatic nitrogens is 2. The number of rotatable bonds is 5. The van der Waals surface area contributed by atoms with Gasteiger partial charge in [-0.15, -0.1) is 0 Å². The second-order valence-electron chi connectivity index (χ2n) is 6.39. The molecule has 0 fully saturated rings. The molecule has 7 heteroatoms. The zero-order chi connectivity index (χ0) is 18.8. The van der Waals surface area contributed by atoms with Crippen LogP contribution >= 0.6 is 0 Å². The van der Waals surface area contributed by atoms with Crippen molar-refractivity contribution in [2.24, 2.45) is 5.73 Å². The van der Waals surface area contributed by atoms with Crippen LogP contribution in [0, 0.1) is 19.7 Å². The van der Waals surface area contributed by atoms with E-state index >= 15 is 0 Å². The number of fused-ring (bicyclic) bond motifs is 1. The van der Waals surface area contributed by atoms with Crippen molar-refractivity contribution in [2.75, 3.05) is 0 Å². The van der Waals surface area contributed by atoms with Crippen molar-refractivity contribution >= 4 is 16.9 Å². The Morgan fingerprint density at radius 1 is 1.27 bits per heavy atom. The van der Waals surface area contributed by atoms with E-state index in [0.29, 0.717) is 12.8 Å². The van der Waals surface area contributed by atoms with Crippen LogP contribution in [0.15, 0.2) is 36.4 Å². The molecule has 3 aromatic rings. The molecular weight excluding hydrogens is 335 g/mol. The molecule has 0 bridgehead atoms.